The van der Waals surface area contributed by atoms with Gasteiger partial charge in [0.15, 0.2) is 5.96 Å². The zero-order valence-electron chi connectivity index (χ0n) is 17.7. The first-order valence-corrected chi connectivity index (χ1v) is 10.8. The Morgan fingerprint density at radius 1 is 1.17 bits per heavy atom. The van der Waals surface area contributed by atoms with Crippen LogP contribution in [0.4, 0.5) is 5.69 Å². The molecule has 7 heteroatoms. The van der Waals surface area contributed by atoms with Gasteiger partial charge >= 0.3 is 0 Å². The van der Waals surface area contributed by atoms with Gasteiger partial charge in [-0.2, -0.15) is 0 Å². The molecular weight excluding hydrogens is 368 g/mol. The molecule has 2 saturated heterocycles. The average molecular weight is 403 g/mol. The number of nitrogens with zero attached hydrogens (tertiary/aromatic N) is 2. The van der Waals surface area contributed by atoms with Crippen molar-refractivity contribution in [1.82, 2.24) is 10.2 Å². The second kappa shape index (κ2) is 11.2. The summed E-state index contributed by atoms with van der Waals surface area (Å²) in [7, 11) is 0. The Morgan fingerprint density at radius 3 is 2.66 bits per heavy atom. The van der Waals surface area contributed by atoms with Gasteiger partial charge in [-0.15, -0.1) is 0 Å². The van der Waals surface area contributed by atoms with Crippen molar-refractivity contribution in [3.8, 4) is 0 Å². The smallest absolute Gasteiger partial charge is 0.224 e. The third kappa shape index (κ3) is 6.44. The molecule has 0 aromatic heterocycles. The minimum atomic E-state index is 0.0563. The standard InChI is InChI=1S/C22H34N4O3/c1-3-6-21(27)25-18-10-8-17(9-11-18)15-24-22(23-4-2)26-12-14-29-20(16-26)19-7-5-13-28-19/h8-11,19-20H,3-7,12-16H2,1-2H3,(H,23,24)(H,25,27). The molecule has 2 heterocycles. The molecule has 0 aliphatic carbocycles. The fourth-order valence-electron chi connectivity index (χ4n) is 3.72. The number of guanidine groups is 1. The van der Waals surface area contributed by atoms with Crippen LogP contribution >= 0.6 is 0 Å². The van der Waals surface area contributed by atoms with Crippen molar-refractivity contribution in [2.45, 2.75) is 58.3 Å². The van der Waals surface area contributed by atoms with Gasteiger partial charge in [-0.25, -0.2) is 4.99 Å². The minimum absolute atomic E-state index is 0.0563. The number of ether oxygens (including phenoxy) is 2. The molecule has 0 saturated carbocycles. The molecule has 7 nitrogen and oxygen atoms in total. The van der Waals surface area contributed by atoms with Gasteiger partial charge in [0.25, 0.3) is 0 Å². The molecule has 160 valence electrons. The molecule has 2 aliphatic rings. The van der Waals surface area contributed by atoms with Crippen LogP contribution in [0.25, 0.3) is 0 Å². The van der Waals surface area contributed by atoms with Gasteiger partial charge < -0.3 is 25.0 Å². The molecule has 3 rings (SSSR count). The number of carbonyl (C=O) groups excluding carboxylic acids is 1. The number of morpholine rings is 1. The summed E-state index contributed by atoms with van der Waals surface area (Å²) in [6.45, 7) is 8.67. The van der Waals surface area contributed by atoms with E-state index in [9.17, 15) is 4.79 Å². The number of nitrogens with one attached hydrogen (secondary N) is 2. The largest absolute Gasteiger partial charge is 0.375 e. The van der Waals surface area contributed by atoms with Crippen LogP contribution in [-0.4, -0.2) is 61.8 Å². The average Bonchev–Trinajstić information content (AvgIpc) is 3.27. The lowest BCUT2D eigenvalue weighted by atomic mass is 10.1. The van der Waals surface area contributed by atoms with Crippen molar-refractivity contribution in [2.75, 3.05) is 38.2 Å². The van der Waals surface area contributed by atoms with Crippen molar-refractivity contribution < 1.29 is 14.3 Å². The van der Waals surface area contributed by atoms with Crippen molar-refractivity contribution in [3.63, 3.8) is 0 Å². The second-order valence-electron chi connectivity index (χ2n) is 7.57. The van der Waals surface area contributed by atoms with Crippen molar-refractivity contribution >= 4 is 17.6 Å². The highest BCUT2D eigenvalue weighted by molar-refractivity contribution is 5.90. The minimum Gasteiger partial charge on any atom is -0.375 e. The Hall–Kier alpha value is -2.12. The van der Waals surface area contributed by atoms with Crippen LogP contribution in [0.1, 0.15) is 45.1 Å². The van der Waals surface area contributed by atoms with E-state index in [0.29, 0.717) is 19.6 Å². The summed E-state index contributed by atoms with van der Waals surface area (Å²) in [6.07, 6.45) is 3.91. The summed E-state index contributed by atoms with van der Waals surface area (Å²) in [4.78, 5) is 18.8. The van der Waals surface area contributed by atoms with Gasteiger partial charge in [0.05, 0.1) is 19.3 Å². The number of benzene rings is 1. The molecule has 2 atom stereocenters. The topological polar surface area (TPSA) is 75.2 Å². The van der Waals surface area contributed by atoms with E-state index in [1.165, 1.54) is 0 Å². The van der Waals surface area contributed by atoms with Gasteiger partial charge in [-0.1, -0.05) is 19.1 Å². The maximum Gasteiger partial charge on any atom is 0.224 e. The SMILES string of the molecule is CCCC(=O)Nc1ccc(CN=C(NCC)N2CCOC(C3CCCO3)C2)cc1. The van der Waals surface area contributed by atoms with Gasteiger partial charge in [-0.3, -0.25) is 4.79 Å². The third-order valence-electron chi connectivity index (χ3n) is 5.23. The Kier molecular flexibility index (Phi) is 8.31. The first-order valence-electron chi connectivity index (χ1n) is 10.8. The van der Waals surface area contributed by atoms with E-state index < -0.39 is 0 Å². The highest BCUT2D eigenvalue weighted by Gasteiger charge is 2.32. The second-order valence-corrected chi connectivity index (χ2v) is 7.57. The molecule has 0 radical (unpaired) electrons. The lowest BCUT2D eigenvalue weighted by molar-refractivity contribution is -0.116. The molecule has 1 amide bonds. The number of aliphatic imine (C=N–C) groups is 1. The number of carbonyl (C=O) groups is 1. The van der Waals surface area contributed by atoms with Gasteiger partial charge in [0.2, 0.25) is 5.91 Å². The van der Waals surface area contributed by atoms with Crippen molar-refractivity contribution in [1.29, 1.82) is 0 Å². The van der Waals surface area contributed by atoms with Gasteiger partial charge in [-0.05, 0) is 43.9 Å². The normalized spacial score (nSPS) is 22.6. The van der Waals surface area contributed by atoms with E-state index in [0.717, 1.165) is 62.7 Å². The summed E-state index contributed by atoms with van der Waals surface area (Å²) >= 11 is 0. The first kappa shape index (κ1) is 21.6. The number of anilines is 1. The summed E-state index contributed by atoms with van der Waals surface area (Å²) in [5, 5.41) is 6.33. The van der Waals surface area contributed by atoms with Crippen molar-refractivity contribution in [3.05, 3.63) is 29.8 Å². The zero-order chi connectivity index (χ0) is 20.5. The van der Waals surface area contributed by atoms with E-state index in [1.807, 2.05) is 31.2 Å². The summed E-state index contributed by atoms with van der Waals surface area (Å²) in [5.74, 6) is 0.972. The quantitative estimate of drug-likeness (QED) is 0.542. The lowest BCUT2D eigenvalue weighted by Crippen LogP contribution is -2.53. The van der Waals surface area contributed by atoms with Crippen LogP contribution in [0, 0.1) is 0 Å². The Bertz CT molecular complexity index is 671. The summed E-state index contributed by atoms with van der Waals surface area (Å²) < 4.78 is 11.8. The highest BCUT2D eigenvalue weighted by Crippen LogP contribution is 2.21. The van der Waals surface area contributed by atoms with Crippen LogP contribution in [0.15, 0.2) is 29.3 Å². The zero-order valence-corrected chi connectivity index (χ0v) is 17.7. The Labute approximate surface area is 173 Å². The van der Waals surface area contributed by atoms with E-state index >= 15 is 0 Å². The number of hydrogen-bond acceptors (Lipinski definition) is 4. The number of rotatable bonds is 7. The molecule has 2 fully saturated rings. The van der Waals surface area contributed by atoms with Crippen LogP contribution in [0.3, 0.4) is 0 Å². The van der Waals surface area contributed by atoms with E-state index in [-0.39, 0.29) is 18.1 Å². The Morgan fingerprint density at radius 2 is 1.97 bits per heavy atom. The predicted molar refractivity (Wildman–Crippen MR) is 115 cm³/mol. The molecule has 0 spiro atoms. The highest BCUT2D eigenvalue weighted by atomic mass is 16.5. The maximum atomic E-state index is 11.7. The monoisotopic (exact) mass is 402 g/mol. The summed E-state index contributed by atoms with van der Waals surface area (Å²) in [6, 6.07) is 7.91. The Balaban J connectivity index is 1.59. The van der Waals surface area contributed by atoms with Crippen LogP contribution in [0.5, 0.6) is 0 Å². The predicted octanol–water partition coefficient (Wildman–Crippen LogP) is 2.77. The first-order chi connectivity index (χ1) is 14.2. The van der Waals surface area contributed by atoms with E-state index in [1.54, 1.807) is 0 Å². The molecule has 1 aromatic rings. The molecule has 29 heavy (non-hydrogen) atoms. The molecular formula is C22H34N4O3. The van der Waals surface area contributed by atoms with Gasteiger partial charge in [0, 0.05) is 38.3 Å². The van der Waals surface area contributed by atoms with Crippen LogP contribution in [-0.2, 0) is 20.8 Å². The molecule has 2 unspecified atom stereocenters. The molecule has 2 aliphatic heterocycles. The molecule has 2 N–H and O–H groups in total. The third-order valence-corrected chi connectivity index (χ3v) is 5.23. The van der Waals surface area contributed by atoms with E-state index in [4.69, 9.17) is 14.5 Å². The number of hydrogen-bond donors (Lipinski definition) is 2. The molecule has 0 bridgehead atoms. The maximum absolute atomic E-state index is 11.7. The van der Waals surface area contributed by atoms with Crippen LogP contribution < -0.4 is 10.6 Å². The fourth-order valence-corrected chi connectivity index (χ4v) is 3.72. The number of amides is 1. The van der Waals surface area contributed by atoms with Crippen molar-refractivity contribution in [2.24, 2.45) is 4.99 Å². The fraction of sp³-hybridized carbons (Fsp3) is 0.636. The molecule has 1 aromatic carbocycles. The van der Waals surface area contributed by atoms with E-state index in [2.05, 4.69) is 22.5 Å². The lowest BCUT2D eigenvalue weighted by Gasteiger charge is -2.37. The van der Waals surface area contributed by atoms with Gasteiger partial charge in [0.1, 0.15) is 6.10 Å². The summed E-state index contributed by atoms with van der Waals surface area (Å²) in [5.41, 5.74) is 1.94. The van der Waals surface area contributed by atoms with Crippen LogP contribution in [0.2, 0.25) is 0 Å².